The Labute approximate surface area is 117 Å². The second-order valence-corrected chi connectivity index (χ2v) is 4.17. The van der Waals surface area contributed by atoms with Crippen molar-refractivity contribution in [3.63, 3.8) is 0 Å². The molecule has 2 aromatic rings. The van der Waals surface area contributed by atoms with Gasteiger partial charge in [0.2, 0.25) is 5.95 Å². The van der Waals surface area contributed by atoms with Crippen molar-refractivity contribution in [1.82, 2.24) is 9.97 Å². The van der Waals surface area contributed by atoms with Crippen LogP contribution in [0, 0.1) is 0 Å². The lowest BCUT2D eigenvalue weighted by molar-refractivity contribution is 0.414. The number of anilines is 3. The number of nitrogen functional groups attached to an aromatic ring is 2. The van der Waals surface area contributed by atoms with E-state index in [4.69, 9.17) is 16.3 Å². The average Bonchev–Trinajstić information content (AvgIpc) is 2.47. The van der Waals surface area contributed by atoms with E-state index in [1.165, 1.54) is 5.56 Å². The molecule has 2 rings (SSSR count). The maximum Gasteiger partial charge on any atom is 0.223 e. The molecule has 0 unspecified atom stereocenters. The average molecular weight is 274 g/mol. The Morgan fingerprint density at radius 2 is 2.00 bits per heavy atom. The number of nitrogens with one attached hydrogen (secondary N) is 2. The first-order valence-electron chi connectivity index (χ1n) is 6.19. The molecule has 0 aliphatic carbocycles. The van der Waals surface area contributed by atoms with E-state index in [1.54, 1.807) is 13.2 Å². The molecule has 7 nitrogen and oxygen atoms in total. The number of nitrogens with zero attached hydrogens (tertiary/aromatic N) is 2. The highest BCUT2D eigenvalue weighted by Crippen LogP contribution is 2.14. The van der Waals surface area contributed by atoms with Gasteiger partial charge >= 0.3 is 0 Å². The van der Waals surface area contributed by atoms with Crippen LogP contribution in [0.2, 0.25) is 0 Å². The molecule has 0 saturated heterocycles. The van der Waals surface area contributed by atoms with Crippen LogP contribution in [0.15, 0.2) is 30.3 Å². The van der Waals surface area contributed by atoms with E-state index in [2.05, 4.69) is 20.7 Å². The summed E-state index contributed by atoms with van der Waals surface area (Å²) in [7, 11) is 1.66. The van der Waals surface area contributed by atoms with Gasteiger partial charge in [-0.3, -0.25) is 0 Å². The molecule has 0 radical (unpaired) electrons. The van der Waals surface area contributed by atoms with Crippen molar-refractivity contribution >= 4 is 17.6 Å². The summed E-state index contributed by atoms with van der Waals surface area (Å²) in [6.45, 7) is 0.716. The predicted octanol–water partition coefficient (Wildman–Crippen LogP) is 1.01. The van der Waals surface area contributed by atoms with E-state index >= 15 is 0 Å². The fourth-order valence-corrected chi connectivity index (χ4v) is 1.79. The molecule has 0 spiro atoms. The third kappa shape index (κ3) is 3.72. The van der Waals surface area contributed by atoms with Crippen LogP contribution < -0.4 is 27.1 Å². The highest BCUT2D eigenvalue weighted by molar-refractivity contribution is 5.50. The van der Waals surface area contributed by atoms with Gasteiger partial charge in [-0.25, -0.2) is 5.84 Å². The predicted molar refractivity (Wildman–Crippen MR) is 79.4 cm³/mol. The van der Waals surface area contributed by atoms with Crippen molar-refractivity contribution in [3.05, 3.63) is 35.9 Å². The molecule has 1 heterocycles. The molecule has 6 N–H and O–H groups in total. The molecule has 0 amide bonds. The van der Waals surface area contributed by atoms with Gasteiger partial charge in [0.25, 0.3) is 0 Å². The molecule has 0 aliphatic rings. The van der Waals surface area contributed by atoms with Crippen LogP contribution in [-0.4, -0.2) is 23.6 Å². The van der Waals surface area contributed by atoms with Crippen molar-refractivity contribution in [1.29, 1.82) is 0 Å². The third-order valence-electron chi connectivity index (χ3n) is 2.75. The lowest BCUT2D eigenvalue weighted by Gasteiger charge is -2.08. The second kappa shape index (κ2) is 6.58. The maximum atomic E-state index is 5.58. The van der Waals surface area contributed by atoms with Gasteiger partial charge in [-0.2, -0.15) is 9.97 Å². The number of rotatable bonds is 6. The maximum absolute atomic E-state index is 5.58. The third-order valence-corrected chi connectivity index (χ3v) is 2.75. The molecule has 7 heteroatoms. The van der Waals surface area contributed by atoms with Crippen molar-refractivity contribution in [2.45, 2.75) is 6.42 Å². The van der Waals surface area contributed by atoms with Crippen LogP contribution in [0.25, 0.3) is 0 Å². The van der Waals surface area contributed by atoms with E-state index in [0.717, 1.165) is 12.2 Å². The molecule has 20 heavy (non-hydrogen) atoms. The molecular formula is C13H18N6O. The van der Waals surface area contributed by atoms with Crippen LogP contribution in [0.1, 0.15) is 5.56 Å². The van der Waals surface area contributed by atoms with Crippen LogP contribution in [0.4, 0.5) is 17.6 Å². The summed E-state index contributed by atoms with van der Waals surface area (Å²) in [5.41, 5.74) is 9.20. The molecule has 1 aromatic heterocycles. The summed E-state index contributed by atoms with van der Waals surface area (Å²) in [6, 6.07) is 9.63. The van der Waals surface area contributed by atoms with Gasteiger partial charge < -0.3 is 21.2 Å². The van der Waals surface area contributed by atoms with Crippen molar-refractivity contribution in [3.8, 4) is 5.75 Å². The first kappa shape index (κ1) is 13.9. The Morgan fingerprint density at radius 1 is 1.20 bits per heavy atom. The molecule has 1 aromatic carbocycles. The molecule has 0 fully saturated rings. The summed E-state index contributed by atoms with van der Waals surface area (Å²) in [5.74, 6) is 7.43. The van der Waals surface area contributed by atoms with Crippen LogP contribution >= 0.6 is 0 Å². The van der Waals surface area contributed by atoms with Gasteiger partial charge in [0.05, 0.1) is 7.11 Å². The number of nitrogens with two attached hydrogens (primary N) is 2. The van der Waals surface area contributed by atoms with Crippen molar-refractivity contribution in [2.75, 3.05) is 30.1 Å². The van der Waals surface area contributed by atoms with E-state index in [1.807, 2.05) is 24.3 Å². The topological polar surface area (TPSA) is 111 Å². The fourth-order valence-electron chi connectivity index (χ4n) is 1.79. The Kier molecular flexibility index (Phi) is 4.56. The van der Waals surface area contributed by atoms with Crippen LogP contribution in [-0.2, 0) is 6.42 Å². The molecule has 0 saturated carbocycles. The largest absolute Gasteiger partial charge is 0.497 e. The minimum absolute atomic E-state index is 0.171. The Balaban J connectivity index is 1.93. The fraction of sp³-hybridized carbons (Fsp3) is 0.231. The van der Waals surface area contributed by atoms with Gasteiger partial charge in [0, 0.05) is 12.6 Å². The van der Waals surface area contributed by atoms with Gasteiger partial charge in [0.1, 0.15) is 17.4 Å². The summed E-state index contributed by atoms with van der Waals surface area (Å²) in [6.07, 6.45) is 0.840. The zero-order valence-electron chi connectivity index (χ0n) is 11.3. The normalized spacial score (nSPS) is 10.1. The lowest BCUT2D eigenvalue weighted by atomic mass is 10.1. The summed E-state index contributed by atoms with van der Waals surface area (Å²) >= 11 is 0. The monoisotopic (exact) mass is 274 g/mol. The smallest absolute Gasteiger partial charge is 0.223 e. The Bertz CT molecular complexity index is 575. The van der Waals surface area contributed by atoms with Gasteiger partial charge in [-0.1, -0.05) is 12.1 Å². The van der Waals surface area contributed by atoms with E-state index in [0.29, 0.717) is 18.2 Å². The minimum Gasteiger partial charge on any atom is -0.497 e. The van der Waals surface area contributed by atoms with Gasteiger partial charge in [0.15, 0.2) is 0 Å². The SMILES string of the molecule is COc1cccc(CCNc2cc(NN)nc(N)n2)c1. The first-order chi connectivity index (χ1) is 9.71. The minimum atomic E-state index is 0.171. The molecule has 0 aliphatic heterocycles. The lowest BCUT2D eigenvalue weighted by Crippen LogP contribution is -2.13. The number of hydrazine groups is 1. The molecular weight excluding hydrogens is 256 g/mol. The van der Waals surface area contributed by atoms with Crippen molar-refractivity contribution < 1.29 is 4.74 Å². The molecule has 0 bridgehead atoms. The summed E-state index contributed by atoms with van der Waals surface area (Å²) in [5, 5.41) is 3.18. The van der Waals surface area contributed by atoms with Crippen LogP contribution in [0.3, 0.4) is 0 Å². The standard InChI is InChI=1S/C13H18N6O/c1-20-10-4-2-3-9(7-10)5-6-16-11-8-12(19-15)18-13(14)17-11/h2-4,7-8H,5-6,15H2,1H3,(H4,14,16,17,18,19). The number of ether oxygens (including phenoxy) is 1. The summed E-state index contributed by atoms with van der Waals surface area (Å²) in [4.78, 5) is 8.00. The number of methoxy groups -OCH3 is 1. The zero-order valence-corrected chi connectivity index (χ0v) is 11.3. The highest BCUT2D eigenvalue weighted by Gasteiger charge is 2.01. The van der Waals surface area contributed by atoms with Gasteiger partial charge in [-0.15, -0.1) is 0 Å². The Morgan fingerprint density at radius 3 is 2.75 bits per heavy atom. The number of hydrogen-bond donors (Lipinski definition) is 4. The van der Waals surface area contributed by atoms with Crippen molar-refractivity contribution in [2.24, 2.45) is 5.84 Å². The van der Waals surface area contributed by atoms with E-state index < -0.39 is 0 Å². The highest BCUT2D eigenvalue weighted by atomic mass is 16.5. The number of aromatic nitrogens is 2. The van der Waals surface area contributed by atoms with Gasteiger partial charge in [-0.05, 0) is 24.1 Å². The second-order valence-electron chi connectivity index (χ2n) is 4.17. The quantitative estimate of drug-likeness (QED) is 0.459. The first-order valence-corrected chi connectivity index (χ1v) is 6.19. The number of benzene rings is 1. The molecule has 0 atom stereocenters. The van der Waals surface area contributed by atoms with Crippen LogP contribution in [0.5, 0.6) is 5.75 Å². The Hall–Kier alpha value is -2.54. The zero-order chi connectivity index (χ0) is 14.4. The summed E-state index contributed by atoms with van der Waals surface area (Å²) < 4.78 is 5.19. The van der Waals surface area contributed by atoms with E-state index in [-0.39, 0.29) is 5.95 Å². The molecule has 106 valence electrons. The number of hydrogen-bond acceptors (Lipinski definition) is 7. The van der Waals surface area contributed by atoms with E-state index in [9.17, 15) is 0 Å².